The summed E-state index contributed by atoms with van der Waals surface area (Å²) in [6.07, 6.45) is 2.79. The topological polar surface area (TPSA) is 62.9 Å². The number of esters is 1. The summed E-state index contributed by atoms with van der Waals surface area (Å²) in [5, 5.41) is 3.21. The van der Waals surface area contributed by atoms with Crippen LogP contribution in [0.2, 0.25) is 0 Å². The number of carbonyl (C=O) groups is 1. The molecular formula is C28H33F3N3O3+. The zero-order valence-corrected chi connectivity index (χ0v) is 21.6. The molecule has 1 saturated carbocycles. The third-order valence-corrected chi connectivity index (χ3v) is 6.99. The first-order valence-corrected chi connectivity index (χ1v) is 12.4. The Morgan fingerprint density at radius 2 is 1.95 bits per heavy atom. The van der Waals surface area contributed by atoms with E-state index in [1.165, 1.54) is 25.7 Å². The Morgan fingerprint density at radius 3 is 2.57 bits per heavy atom. The van der Waals surface area contributed by atoms with E-state index in [9.17, 15) is 18.0 Å². The lowest BCUT2D eigenvalue weighted by Crippen LogP contribution is -2.29. The van der Waals surface area contributed by atoms with Crippen molar-refractivity contribution in [1.82, 2.24) is 0 Å². The third-order valence-electron chi connectivity index (χ3n) is 6.99. The Morgan fingerprint density at radius 1 is 1.22 bits per heavy atom. The molecule has 1 fully saturated rings. The van der Waals surface area contributed by atoms with Gasteiger partial charge >= 0.3 is 18.1 Å². The zero-order valence-electron chi connectivity index (χ0n) is 21.6. The second-order valence-corrected chi connectivity index (χ2v) is 10.4. The molecule has 1 heterocycles. The molecule has 198 valence electrons. The molecule has 4 rings (SSSR count). The Hall–Kier alpha value is -3.36. The monoisotopic (exact) mass is 516 g/mol. The van der Waals surface area contributed by atoms with Gasteiger partial charge in [0.1, 0.15) is 5.75 Å². The molecule has 0 bridgehead atoms. The van der Waals surface area contributed by atoms with Gasteiger partial charge in [-0.3, -0.25) is 4.79 Å². The summed E-state index contributed by atoms with van der Waals surface area (Å²) in [6.45, 7) is 4.55. The van der Waals surface area contributed by atoms with Crippen LogP contribution in [0.25, 0.3) is 0 Å². The Bertz CT molecular complexity index is 1220. The molecule has 1 unspecified atom stereocenters. The minimum Gasteiger partial charge on any atom is -0.496 e. The van der Waals surface area contributed by atoms with Gasteiger partial charge in [-0.2, -0.15) is 13.2 Å². The van der Waals surface area contributed by atoms with Crippen molar-refractivity contribution in [2.75, 3.05) is 19.5 Å². The van der Waals surface area contributed by atoms with Gasteiger partial charge < -0.3 is 9.47 Å². The van der Waals surface area contributed by atoms with Crippen molar-refractivity contribution >= 4 is 35.2 Å². The lowest BCUT2D eigenvalue weighted by atomic mass is 9.72. The van der Waals surface area contributed by atoms with Gasteiger partial charge in [-0.05, 0) is 67.0 Å². The summed E-state index contributed by atoms with van der Waals surface area (Å²) in [4.78, 5) is 16.5. The molecule has 1 atom stereocenters. The molecule has 0 amide bonds. The molecule has 0 saturated heterocycles. The van der Waals surface area contributed by atoms with Crippen LogP contribution in [0.4, 0.5) is 30.2 Å². The highest BCUT2D eigenvalue weighted by Crippen LogP contribution is 2.42. The summed E-state index contributed by atoms with van der Waals surface area (Å²) >= 11 is 0. The van der Waals surface area contributed by atoms with E-state index in [2.05, 4.69) is 25.4 Å². The lowest BCUT2D eigenvalue weighted by Gasteiger charge is -2.33. The van der Waals surface area contributed by atoms with Crippen LogP contribution in [0.3, 0.4) is 0 Å². The Labute approximate surface area is 215 Å². The number of methoxy groups -OCH3 is 2. The summed E-state index contributed by atoms with van der Waals surface area (Å²) in [5.41, 5.74) is 2.36. The quantitative estimate of drug-likeness (QED) is 0.336. The van der Waals surface area contributed by atoms with Crippen molar-refractivity contribution in [1.29, 1.82) is 0 Å². The van der Waals surface area contributed by atoms with E-state index in [1.807, 2.05) is 16.7 Å². The number of hydrogen-bond acceptors (Lipinski definition) is 5. The summed E-state index contributed by atoms with van der Waals surface area (Å²) in [5.74, 6) is 1.14. The molecule has 37 heavy (non-hydrogen) atoms. The van der Waals surface area contributed by atoms with E-state index in [-0.39, 0.29) is 17.8 Å². The molecule has 0 radical (unpaired) electrons. The minimum atomic E-state index is -4.40. The maximum absolute atomic E-state index is 13.0. The smallest absolute Gasteiger partial charge is 0.416 e. The number of guanidine groups is 1. The second-order valence-electron chi connectivity index (χ2n) is 10.4. The minimum absolute atomic E-state index is 0.207. The van der Waals surface area contributed by atoms with Gasteiger partial charge in [-0.25, -0.2) is 9.89 Å². The molecule has 1 aliphatic carbocycles. The number of benzene rings is 2. The molecule has 0 spiro atoms. The number of aryl methyl sites for hydroxylation is 1. The lowest BCUT2D eigenvalue weighted by molar-refractivity contribution is -0.298. The van der Waals surface area contributed by atoms with Crippen LogP contribution in [0.1, 0.15) is 57.1 Å². The van der Waals surface area contributed by atoms with Gasteiger partial charge in [-0.1, -0.05) is 25.3 Å². The van der Waals surface area contributed by atoms with E-state index >= 15 is 0 Å². The molecule has 2 aliphatic rings. The van der Waals surface area contributed by atoms with Crippen LogP contribution in [-0.4, -0.2) is 36.9 Å². The molecule has 1 N–H and O–H groups in total. The third kappa shape index (κ3) is 6.32. The van der Waals surface area contributed by atoms with Crippen LogP contribution in [0, 0.1) is 11.3 Å². The SMILES string of the molecule is COC(=O)CCc1cc2c(cc1OC)[N+](=CC1CCCC(C)(C)C1)C(Nc1ccc(C(F)(F)F)cc1)=N2. The summed E-state index contributed by atoms with van der Waals surface area (Å²) < 4.78 is 51.5. The normalized spacial score (nSPS) is 19.8. The van der Waals surface area contributed by atoms with Gasteiger partial charge in [0.25, 0.3) is 0 Å². The van der Waals surface area contributed by atoms with Crippen LogP contribution in [0.15, 0.2) is 41.4 Å². The summed E-state index contributed by atoms with van der Waals surface area (Å²) in [6, 6.07) is 8.70. The van der Waals surface area contributed by atoms with Gasteiger partial charge in [0.05, 0.1) is 31.7 Å². The number of alkyl halides is 3. The fraction of sp³-hybridized carbons (Fsp3) is 0.464. The molecule has 0 aromatic heterocycles. The average molecular weight is 517 g/mol. The first-order chi connectivity index (χ1) is 17.5. The predicted molar refractivity (Wildman–Crippen MR) is 137 cm³/mol. The number of fused-ring (bicyclic) bond motifs is 1. The molecule has 1 aliphatic heterocycles. The number of halogens is 3. The number of aliphatic imine (C=N–C) groups is 1. The number of nitrogens with zero attached hydrogens (tertiary/aromatic N) is 2. The highest BCUT2D eigenvalue weighted by Gasteiger charge is 2.35. The van der Waals surface area contributed by atoms with Crippen LogP contribution >= 0.6 is 0 Å². The molecule has 6 nitrogen and oxygen atoms in total. The fourth-order valence-electron chi connectivity index (χ4n) is 5.10. The van der Waals surface area contributed by atoms with Crippen molar-refractivity contribution in [3.8, 4) is 5.75 Å². The van der Waals surface area contributed by atoms with E-state index in [1.54, 1.807) is 7.11 Å². The van der Waals surface area contributed by atoms with Gasteiger partial charge in [0, 0.05) is 18.4 Å². The highest BCUT2D eigenvalue weighted by molar-refractivity contribution is 5.97. The number of hydrogen-bond donors (Lipinski definition) is 1. The number of ether oxygens (including phenoxy) is 2. The fourth-order valence-corrected chi connectivity index (χ4v) is 5.10. The second kappa shape index (κ2) is 10.6. The van der Waals surface area contributed by atoms with Crippen molar-refractivity contribution in [2.45, 2.75) is 58.5 Å². The first-order valence-electron chi connectivity index (χ1n) is 12.4. The largest absolute Gasteiger partial charge is 0.496 e. The Balaban J connectivity index is 1.70. The summed E-state index contributed by atoms with van der Waals surface area (Å²) in [7, 11) is 2.93. The standard InChI is InChI=1S/C28H33F3N3O3/c1-27(2)13-5-6-18(16-27)17-34-23-15-24(36-3)19(7-12-25(35)37-4)14-22(23)33-26(34)32-21-10-8-20(9-11-21)28(29,30)31/h8-11,14-15,17-18H,5-7,12-13,16H2,1-4H3,(H,32,33)/q+1. The van der Waals surface area contributed by atoms with E-state index in [0.717, 1.165) is 42.6 Å². The van der Waals surface area contributed by atoms with Crippen LogP contribution in [0.5, 0.6) is 5.75 Å². The van der Waals surface area contributed by atoms with Gasteiger partial charge in [0.2, 0.25) is 0 Å². The van der Waals surface area contributed by atoms with Crippen molar-refractivity contribution in [3.05, 3.63) is 47.5 Å². The predicted octanol–water partition coefficient (Wildman–Crippen LogP) is 6.86. The molecular weight excluding hydrogens is 483 g/mol. The molecule has 2 aromatic carbocycles. The highest BCUT2D eigenvalue weighted by atomic mass is 19.4. The zero-order chi connectivity index (χ0) is 26.8. The average Bonchev–Trinajstić information content (AvgIpc) is 3.16. The maximum atomic E-state index is 13.0. The number of carbonyl (C=O) groups excluding carboxylic acids is 1. The van der Waals surface area contributed by atoms with E-state index in [0.29, 0.717) is 35.4 Å². The molecule has 2 aromatic rings. The first kappa shape index (κ1) is 26.7. The number of anilines is 1. The van der Waals surface area contributed by atoms with Crippen LogP contribution < -0.4 is 10.1 Å². The maximum Gasteiger partial charge on any atom is 0.416 e. The van der Waals surface area contributed by atoms with Crippen molar-refractivity contribution in [3.63, 3.8) is 0 Å². The van der Waals surface area contributed by atoms with E-state index < -0.39 is 11.7 Å². The molecule has 9 heteroatoms. The van der Waals surface area contributed by atoms with Gasteiger partial charge in [0.15, 0.2) is 11.4 Å². The number of rotatable bonds is 6. The van der Waals surface area contributed by atoms with E-state index in [4.69, 9.17) is 14.5 Å². The number of nitrogens with one attached hydrogen (secondary N) is 1. The Kier molecular flexibility index (Phi) is 7.62. The van der Waals surface area contributed by atoms with Crippen molar-refractivity contribution < 1.29 is 32.0 Å². The van der Waals surface area contributed by atoms with Gasteiger partial charge in [-0.15, -0.1) is 0 Å². The van der Waals surface area contributed by atoms with Crippen molar-refractivity contribution in [2.24, 2.45) is 16.3 Å². The van der Waals surface area contributed by atoms with Crippen LogP contribution in [-0.2, 0) is 22.1 Å².